The maximum atomic E-state index is 11.9. The van der Waals surface area contributed by atoms with Gasteiger partial charge in [0, 0.05) is 12.8 Å². The van der Waals surface area contributed by atoms with E-state index in [0.29, 0.717) is 0 Å². The van der Waals surface area contributed by atoms with Gasteiger partial charge in [0.25, 0.3) is 0 Å². The molecule has 120 valence electrons. The standard InChI is InChI=1S/C17H18N2O4/c20-15(9-4-10-17(22)23)18-19-16(21)11-13-7-3-6-12-5-1-2-8-14(12)13/h1-3,5-8H,4,9-11H2,(H,18,20)(H,19,21)(H,22,23). The molecule has 0 aromatic heterocycles. The van der Waals surface area contributed by atoms with Gasteiger partial charge in [-0.05, 0) is 22.8 Å². The highest BCUT2D eigenvalue weighted by atomic mass is 16.4. The molecule has 0 aliphatic heterocycles. The van der Waals surface area contributed by atoms with Gasteiger partial charge < -0.3 is 5.11 Å². The molecule has 0 unspecified atom stereocenters. The molecule has 3 N–H and O–H groups in total. The summed E-state index contributed by atoms with van der Waals surface area (Å²) >= 11 is 0. The van der Waals surface area contributed by atoms with Crippen molar-refractivity contribution in [3.63, 3.8) is 0 Å². The lowest BCUT2D eigenvalue weighted by molar-refractivity contribution is -0.137. The first-order valence-electron chi connectivity index (χ1n) is 7.32. The van der Waals surface area contributed by atoms with Crippen molar-refractivity contribution in [2.45, 2.75) is 25.7 Å². The van der Waals surface area contributed by atoms with Crippen LogP contribution in [0.3, 0.4) is 0 Å². The molecule has 23 heavy (non-hydrogen) atoms. The molecule has 2 aromatic carbocycles. The number of hydrogen-bond donors (Lipinski definition) is 3. The third-order valence-electron chi connectivity index (χ3n) is 3.37. The lowest BCUT2D eigenvalue weighted by Gasteiger charge is -2.09. The lowest BCUT2D eigenvalue weighted by atomic mass is 10.0. The highest BCUT2D eigenvalue weighted by Crippen LogP contribution is 2.18. The Morgan fingerprint density at radius 1 is 0.870 bits per heavy atom. The average molecular weight is 314 g/mol. The van der Waals surface area contributed by atoms with Crippen LogP contribution in [0, 0.1) is 0 Å². The summed E-state index contributed by atoms with van der Waals surface area (Å²) in [6.07, 6.45) is 0.370. The molecule has 0 aliphatic carbocycles. The van der Waals surface area contributed by atoms with Gasteiger partial charge >= 0.3 is 5.97 Å². The molecular weight excluding hydrogens is 296 g/mol. The zero-order chi connectivity index (χ0) is 16.7. The Kier molecular flexibility index (Phi) is 5.68. The Morgan fingerprint density at radius 2 is 1.57 bits per heavy atom. The van der Waals surface area contributed by atoms with Crippen LogP contribution in [0.5, 0.6) is 0 Å². The summed E-state index contributed by atoms with van der Waals surface area (Å²) in [7, 11) is 0. The van der Waals surface area contributed by atoms with E-state index in [1.807, 2.05) is 42.5 Å². The number of benzene rings is 2. The molecule has 0 radical (unpaired) electrons. The number of carbonyl (C=O) groups is 3. The van der Waals surface area contributed by atoms with E-state index in [9.17, 15) is 14.4 Å². The first-order valence-corrected chi connectivity index (χ1v) is 7.32. The van der Waals surface area contributed by atoms with Crippen molar-refractivity contribution in [2.24, 2.45) is 0 Å². The maximum Gasteiger partial charge on any atom is 0.303 e. The number of carboxylic acid groups (broad SMARTS) is 1. The number of carbonyl (C=O) groups excluding carboxylic acids is 2. The monoisotopic (exact) mass is 314 g/mol. The number of aliphatic carboxylic acids is 1. The topological polar surface area (TPSA) is 95.5 Å². The van der Waals surface area contributed by atoms with Crippen molar-refractivity contribution in [1.82, 2.24) is 10.9 Å². The third kappa shape index (κ3) is 5.10. The molecule has 0 bridgehead atoms. The van der Waals surface area contributed by atoms with E-state index in [2.05, 4.69) is 10.9 Å². The van der Waals surface area contributed by atoms with Crippen molar-refractivity contribution in [1.29, 1.82) is 0 Å². The van der Waals surface area contributed by atoms with Crippen molar-refractivity contribution in [2.75, 3.05) is 0 Å². The Balaban J connectivity index is 1.85. The molecule has 0 heterocycles. The highest BCUT2D eigenvalue weighted by Gasteiger charge is 2.08. The zero-order valence-corrected chi connectivity index (χ0v) is 12.5. The van der Waals surface area contributed by atoms with Crippen LogP contribution in [-0.2, 0) is 20.8 Å². The zero-order valence-electron chi connectivity index (χ0n) is 12.5. The molecule has 2 amide bonds. The SMILES string of the molecule is O=C(O)CCCC(=O)NNC(=O)Cc1cccc2ccccc12. The highest BCUT2D eigenvalue weighted by molar-refractivity contribution is 5.90. The normalized spacial score (nSPS) is 10.3. The van der Waals surface area contributed by atoms with Crippen LogP contribution in [0.15, 0.2) is 42.5 Å². The number of hydrazine groups is 1. The van der Waals surface area contributed by atoms with Gasteiger partial charge in [-0.2, -0.15) is 0 Å². The van der Waals surface area contributed by atoms with Crippen LogP contribution < -0.4 is 10.9 Å². The van der Waals surface area contributed by atoms with E-state index in [1.165, 1.54) is 0 Å². The summed E-state index contributed by atoms with van der Waals surface area (Å²) in [5.41, 5.74) is 5.52. The Morgan fingerprint density at radius 3 is 2.35 bits per heavy atom. The second kappa shape index (κ2) is 7.93. The molecule has 2 aromatic rings. The quantitative estimate of drug-likeness (QED) is 0.708. The molecule has 0 atom stereocenters. The molecule has 6 nitrogen and oxygen atoms in total. The Labute approximate surface area is 133 Å². The van der Waals surface area contributed by atoms with Crippen LogP contribution in [0.2, 0.25) is 0 Å². The summed E-state index contributed by atoms with van der Waals surface area (Å²) < 4.78 is 0. The van der Waals surface area contributed by atoms with Crippen molar-refractivity contribution < 1.29 is 19.5 Å². The molecule has 2 rings (SSSR count). The van der Waals surface area contributed by atoms with E-state index in [1.54, 1.807) is 0 Å². The smallest absolute Gasteiger partial charge is 0.303 e. The van der Waals surface area contributed by atoms with E-state index < -0.39 is 11.9 Å². The summed E-state index contributed by atoms with van der Waals surface area (Å²) in [5, 5.41) is 10.5. The van der Waals surface area contributed by atoms with E-state index in [0.717, 1.165) is 16.3 Å². The van der Waals surface area contributed by atoms with Crippen LogP contribution in [0.25, 0.3) is 10.8 Å². The summed E-state index contributed by atoms with van der Waals surface area (Å²) in [6.45, 7) is 0. The molecule has 6 heteroatoms. The minimum atomic E-state index is -0.946. The fourth-order valence-electron chi connectivity index (χ4n) is 2.27. The first-order chi connectivity index (χ1) is 11.1. The first kappa shape index (κ1) is 16.5. The van der Waals surface area contributed by atoms with Crippen molar-refractivity contribution in [3.05, 3.63) is 48.0 Å². The lowest BCUT2D eigenvalue weighted by Crippen LogP contribution is -2.42. The second-order valence-corrected chi connectivity index (χ2v) is 5.16. The van der Waals surface area contributed by atoms with Crippen LogP contribution >= 0.6 is 0 Å². The van der Waals surface area contributed by atoms with Gasteiger partial charge in [0.05, 0.1) is 6.42 Å². The fourth-order valence-corrected chi connectivity index (χ4v) is 2.27. The third-order valence-corrected chi connectivity index (χ3v) is 3.37. The molecular formula is C17H18N2O4. The number of rotatable bonds is 6. The van der Waals surface area contributed by atoms with Gasteiger partial charge in [-0.3, -0.25) is 25.2 Å². The van der Waals surface area contributed by atoms with Gasteiger partial charge in [-0.25, -0.2) is 0 Å². The van der Waals surface area contributed by atoms with Gasteiger partial charge in [0.15, 0.2) is 0 Å². The van der Waals surface area contributed by atoms with Crippen LogP contribution in [-0.4, -0.2) is 22.9 Å². The molecule has 0 saturated heterocycles. The van der Waals surface area contributed by atoms with Gasteiger partial charge in [0.2, 0.25) is 11.8 Å². The molecule has 0 aliphatic rings. The van der Waals surface area contributed by atoms with Crippen LogP contribution in [0.1, 0.15) is 24.8 Å². The fraction of sp³-hybridized carbons (Fsp3) is 0.235. The molecule has 0 fully saturated rings. The maximum absolute atomic E-state index is 11.9. The summed E-state index contributed by atoms with van der Waals surface area (Å²) in [4.78, 5) is 33.8. The number of nitrogens with one attached hydrogen (secondary N) is 2. The number of amides is 2. The number of carboxylic acids is 1. The van der Waals surface area contributed by atoms with Gasteiger partial charge in [0.1, 0.15) is 0 Å². The van der Waals surface area contributed by atoms with E-state index in [4.69, 9.17) is 5.11 Å². The van der Waals surface area contributed by atoms with Gasteiger partial charge in [-0.1, -0.05) is 42.5 Å². The number of fused-ring (bicyclic) bond motifs is 1. The summed E-state index contributed by atoms with van der Waals surface area (Å²) in [5.74, 6) is -1.68. The predicted molar refractivity (Wildman–Crippen MR) is 85.4 cm³/mol. The summed E-state index contributed by atoms with van der Waals surface area (Å²) in [6, 6.07) is 13.5. The molecule has 0 spiro atoms. The second-order valence-electron chi connectivity index (χ2n) is 5.16. The van der Waals surface area contributed by atoms with E-state index >= 15 is 0 Å². The van der Waals surface area contributed by atoms with Crippen molar-refractivity contribution >= 4 is 28.6 Å². The van der Waals surface area contributed by atoms with Gasteiger partial charge in [-0.15, -0.1) is 0 Å². The predicted octanol–water partition coefficient (Wildman–Crippen LogP) is 1.78. The average Bonchev–Trinajstić information content (AvgIpc) is 2.53. The Bertz CT molecular complexity index is 722. The number of hydrogen-bond acceptors (Lipinski definition) is 3. The minimum Gasteiger partial charge on any atom is -0.481 e. The Hall–Kier alpha value is -2.89. The minimum absolute atomic E-state index is 0.0564. The largest absolute Gasteiger partial charge is 0.481 e. The van der Waals surface area contributed by atoms with Crippen LogP contribution in [0.4, 0.5) is 0 Å². The van der Waals surface area contributed by atoms with Crippen molar-refractivity contribution in [3.8, 4) is 0 Å². The van der Waals surface area contributed by atoms with E-state index in [-0.39, 0.29) is 31.6 Å². The molecule has 0 saturated carbocycles.